The van der Waals surface area contributed by atoms with Crippen molar-refractivity contribution in [3.8, 4) is 5.88 Å². The molecule has 1 aromatic heterocycles. The van der Waals surface area contributed by atoms with Crippen LogP contribution in [-0.4, -0.2) is 29.3 Å². The minimum absolute atomic E-state index is 0.0718. The Bertz CT molecular complexity index is 311. The van der Waals surface area contributed by atoms with Gasteiger partial charge in [-0.15, -0.1) is 0 Å². The van der Waals surface area contributed by atoms with Crippen molar-refractivity contribution in [3.05, 3.63) is 18.2 Å². The van der Waals surface area contributed by atoms with Crippen LogP contribution in [0, 0.1) is 0 Å². The van der Waals surface area contributed by atoms with Crippen LogP contribution in [0.3, 0.4) is 0 Å². The highest BCUT2D eigenvalue weighted by atomic mass is 16.5. The van der Waals surface area contributed by atoms with Gasteiger partial charge in [0.25, 0.3) is 0 Å². The first kappa shape index (κ1) is 11.8. The van der Waals surface area contributed by atoms with Gasteiger partial charge < -0.3 is 15.2 Å². The van der Waals surface area contributed by atoms with E-state index in [2.05, 4.69) is 10.3 Å². The van der Waals surface area contributed by atoms with Gasteiger partial charge in [0.15, 0.2) is 0 Å². The molecule has 15 heavy (non-hydrogen) atoms. The van der Waals surface area contributed by atoms with E-state index in [0.29, 0.717) is 11.7 Å². The second kappa shape index (κ2) is 4.98. The van der Waals surface area contributed by atoms with Crippen molar-refractivity contribution in [2.24, 2.45) is 0 Å². The summed E-state index contributed by atoms with van der Waals surface area (Å²) >= 11 is 0. The molecule has 4 nitrogen and oxygen atoms in total. The van der Waals surface area contributed by atoms with E-state index in [1.807, 2.05) is 26.0 Å². The summed E-state index contributed by atoms with van der Waals surface area (Å²) in [4.78, 5) is 4.23. The third kappa shape index (κ3) is 3.09. The zero-order valence-corrected chi connectivity index (χ0v) is 9.45. The molecule has 0 radical (unpaired) electrons. The second-order valence-electron chi connectivity index (χ2n) is 3.76. The van der Waals surface area contributed by atoms with Crippen molar-refractivity contribution in [1.82, 2.24) is 4.98 Å². The molecule has 1 unspecified atom stereocenters. The van der Waals surface area contributed by atoms with Gasteiger partial charge in [-0.3, -0.25) is 0 Å². The summed E-state index contributed by atoms with van der Waals surface area (Å²) < 4.78 is 5.02. The van der Waals surface area contributed by atoms with E-state index >= 15 is 0 Å². The maximum Gasteiger partial charge on any atom is 0.214 e. The Morgan fingerprint density at radius 1 is 1.53 bits per heavy atom. The van der Waals surface area contributed by atoms with Crippen LogP contribution in [0.1, 0.15) is 20.3 Å². The van der Waals surface area contributed by atoms with E-state index in [-0.39, 0.29) is 12.1 Å². The molecule has 1 rings (SSSR count). The predicted octanol–water partition coefficient (Wildman–Crippen LogP) is 1.66. The summed E-state index contributed by atoms with van der Waals surface area (Å²) in [7, 11) is 1.58. The van der Waals surface area contributed by atoms with Crippen molar-refractivity contribution in [2.45, 2.75) is 25.8 Å². The van der Waals surface area contributed by atoms with Gasteiger partial charge in [-0.2, -0.15) is 4.98 Å². The minimum atomic E-state index is -0.334. The summed E-state index contributed by atoms with van der Waals surface area (Å²) in [5, 5.41) is 12.4. The first-order valence-electron chi connectivity index (χ1n) is 5.03. The molecule has 84 valence electrons. The summed E-state index contributed by atoms with van der Waals surface area (Å²) in [5.74, 6) is 1.28. The number of hydrogen-bond donors (Lipinski definition) is 2. The highest BCUT2D eigenvalue weighted by molar-refractivity contribution is 5.39. The number of methoxy groups -OCH3 is 1. The second-order valence-corrected chi connectivity index (χ2v) is 3.76. The van der Waals surface area contributed by atoms with Crippen LogP contribution in [0.2, 0.25) is 0 Å². The van der Waals surface area contributed by atoms with Gasteiger partial charge in [0.1, 0.15) is 5.82 Å². The summed E-state index contributed by atoms with van der Waals surface area (Å²) in [6.45, 7) is 4.04. The fourth-order valence-electron chi connectivity index (χ4n) is 1.15. The molecule has 0 aliphatic rings. The topological polar surface area (TPSA) is 54.4 Å². The number of anilines is 1. The third-order valence-electron chi connectivity index (χ3n) is 2.49. The number of nitrogens with one attached hydrogen (secondary N) is 1. The summed E-state index contributed by atoms with van der Waals surface area (Å²) in [6.07, 6.45) is 0.822. The van der Waals surface area contributed by atoms with E-state index < -0.39 is 0 Å². The fourth-order valence-corrected chi connectivity index (χ4v) is 1.15. The quantitative estimate of drug-likeness (QED) is 0.776. The monoisotopic (exact) mass is 210 g/mol. The molecule has 0 aliphatic heterocycles. The average molecular weight is 210 g/mol. The van der Waals surface area contributed by atoms with Crippen LogP contribution in [0.5, 0.6) is 5.88 Å². The molecule has 0 saturated carbocycles. The van der Waals surface area contributed by atoms with E-state index in [0.717, 1.165) is 6.42 Å². The molecule has 1 heterocycles. The third-order valence-corrected chi connectivity index (χ3v) is 2.49. The van der Waals surface area contributed by atoms with E-state index in [9.17, 15) is 5.11 Å². The SMILES string of the molecule is CCC(C)(CO)Nc1cccc(OC)n1. The number of aromatic nitrogens is 1. The number of rotatable bonds is 5. The maximum absolute atomic E-state index is 9.25. The molecular formula is C11H18N2O2. The Morgan fingerprint density at radius 2 is 2.27 bits per heavy atom. The average Bonchev–Trinajstić information content (AvgIpc) is 2.29. The van der Waals surface area contributed by atoms with Crippen molar-refractivity contribution in [1.29, 1.82) is 0 Å². The van der Waals surface area contributed by atoms with Crippen molar-refractivity contribution >= 4 is 5.82 Å². The Kier molecular flexibility index (Phi) is 3.91. The first-order chi connectivity index (χ1) is 7.13. The highest BCUT2D eigenvalue weighted by Gasteiger charge is 2.20. The Hall–Kier alpha value is -1.29. The van der Waals surface area contributed by atoms with Gasteiger partial charge in [-0.25, -0.2) is 0 Å². The van der Waals surface area contributed by atoms with Crippen LogP contribution in [0.15, 0.2) is 18.2 Å². The lowest BCUT2D eigenvalue weighted by Gasteiger charge is -2.27. The number of aliphatic hydroxyl groups is 1. The van der Waals surface area contributed by atoms with Gasteiger partial charge in [0, 0.05) is 6.07 Å². The van der Waals surface area contributed by atoms with E-state index in [1.165, 1.54) is 0 Å². The van der Waals surface area contributed by atoms with Gasteiger partial charge >= 0.3 is 0 Å². The molecule has 2 N–H and O–H groups in total. The number of aliphatic hydroxyl groups excluding tert-OH is 1. The molecule has 1 atom stereocenters. The maximum atomic E-state index is 9.25. The summed E-state index contributed by atoms with van der Waals surface area (Å²) in [5.41, 5.74) is -0.334. The van der Waals surface area contributed by atoms with Crippen LogP contribution < -0.4 is 10.1 Å². The standard InChI is InChI=1S/C11H18N2O2/c1-4-11(2,8-14)13-9-6-5-7-10(12-9)15-3/h5-7,14H,4,8H2,1-3H3,(H,12,13). The molecule has 0 spiro atoms. The molecule has 1 aromatic rings. The van der Waals surface area contributed by atoms with Gasteiger partial charge in [0.05, 0.1) is 19.3 Å². The number of hydrogen-bond acceptors (Lipinski definition) is 4. The van der Waals surface area contributed by atoms with E-state index in [4.69, 9.17) is 4.74 Å². The van der Waals surface area contributed by atoms with Crippen LogP contribution >= 0.6 is 0 Å². The first-order valence-corrected chi connectivity index (χ1v) is 5.03. The molecule has 4 heteroatoms. The van der Waals surface area contributed by atoms with Crippen molar-refractivity contribution < 1.29 is 9.84 Å². The molecular weight excluding hydrogens is 192 g/mol. The molecule has 0 saturated heterocycles. The highest BCUT2D eigenvalue weighted by Crippen LogP contribution is 2.18. The molecule has 0 aliphatic carbocycles. The smallest absolute Gasteiger partial charge is 0.214 e. The van der Waals surface area contributed by atoms with E-state index in [1.54, 1.807) is 13.2 Å². The minimum Gasteiger partial charge on any atom is -0.481 e. The van der Waals surface area contributed by atoms with Crippen molar-refractivity contribution in [2.75, 3.05) is 19.0 Å². The number of nitrogens with zero attached hydrogens (tertiary/aromatic N) is 1. The largest absolute Gasteiger partial charge is 0.481 e. The molecule has 0 fully saturated rings. The lowest BCUT2D eigenvalue weighted by atomic mass is 10.0. The molecule has 0 bridgehead atoms. The Labute approximate surface area is 90.3 Å². The van der Waals surface area contributed by atoms with Crippen LogP contribution in [0.4, 0.5) is 5.82 Å². The molecule has 0 amide bonds. The normalized spacial score (nSPS) is 14.4. The van der Waals surface area contributed by atoms with Crippen LogP contribution in [-0.2, 0) is 0 Å². The van der Waals surface area contributed by atoms with Gasteiger partial charge in [-0.1, -0.05) is 13.0 Å². The van der Waals surface area contributed by atoms with Gasteiger partial charge in [0.2, 0.25) is 5.88 Å². The fraction of sp³-hybridized carbons (Fsp3) is 0.545. The summed E-state index contributed by atoms with van der Waals surface area (Å²) in [6, 6.07) is 5.50. The Balaban J connectivity index is 2.79. The lowest BCUT2D eigenvalue weighted by molar-refractivity contribution is 0.218. The van der Waals surface area contributed by atoms with Gasteiger partial charge in [-0.05, 0) is 19.4 Å². The Morgan fingerprint density at radius 3 is 2.80 bits per heavy atom. The lowest BCUT2D eigenvalue weighted by Crippen LogP contribution is -2.38. The zero-order chi connectivity index (χ0) is 11.3. The number of ether oxygens (including phenoxy) is 1. The molecule has 0 aromatic carbocycles. The number of pyridine rings is 1. The van der Waals surface area contributed by atoms with Crippen LogP contribution in [0.25, 0.3) is 0 Å². The van der Waals surface area contributed by atoms with Crippen molar-refractivity contribution in [3.63, 3.8) is 0 Å². The zero-order valence-electron chi connectivity index (χ0n) is 9.45. The predicted molar refractivity (Wildman–Crippen MR) is 60.2 cm³/mol.